The zero-order valence-corrected chi connectivity index (χ0v) is 11.0. The Balaban J connectivity index is 1.69. The molecule has 18 heavy (non-hydrogen) atoms. The summed E-state index contributed by atoms with van der Waals surface area (Å²) in [6.07, 6.45) is 10.4. The topological polar surface area (TPSA) is 55.0 Å². The van der Waals surface area contributed by atoms with Crippen LogP contribution in [0.3, 0.4) is 0 Å². The Morgan fingerprint density at radius 2 is 2.22 bits per heavy atom. The molecule has 1 aliphatic carbocycles. The number of carbonyl (C=O) groups is 1. The van der Waals surface area contributed by atoms with Crippen molar-refractivity contribution in [3.63, 3.8) is 0 Å². The molecule has 0 aliphatic heterocycles. The van der Waals surface area contributed by atoms with Gasteiger partial charge in [0, 0.05) is 12.6 Å². The molecule has 0 unspecified atom stereocenters. The van der Waals surface area contributed by atoms with Gasteiger partial charge in [-0.05, 0) is 56.4 Å². The van der Waals surface area contributed by atoms with Gasteiger partial charge in [-0.1, -0.05) is 0 Å². The van der Waals surface area contributed by atoms with Crippen LogP contribution in [0.1, 0.15) is 56.9 Å². The molecule has 0 bridgehead atoms. The number of nitrogens with one attached hydrogen (secondary N) is 1. The molecule has 2 rings (SSSR count). The van der Waals surface area contributed by atoms with E-state index in [9.17, 15) is 4.79 Å². The van der Waals surface area contributed by atoms with Gasteiger partial charge >= 0.3 is 5.97 Å². The average Bonchev–Trinajstić information content (AvgIpc) is 2.91. The van der Waals surface area contributed by atoms with E-state index in [2.05, 4.69) is 10.2 Å². The molecular formula is C14H22N2O2. The first kappa shape index (κ1) is 13.1. The van der Waals surface area contributed by atoms with Crippen LogP contribution < -0.4 is 0 Å². The second-order valence-corrected chi connectivity index (χ2v) is 5.09. The lowest BCUT2D eigenvalue weighted by molar-refractivity contribution is -0.143. The summed E-state index contributed by atoms with van der Waals surface area (Å²) in [5.41, 5.74) is 1.33. The first-order valence-corrected chi connectivity index (χ1v) is 6.94. The van der Waals surface area contributed by atoms with Crippen molar-refractivity contribution in [2.45, 2.75) is 51.4 Å². The second-order valence-electron chi connectivity index (χ2n) is 5.09. The Morgan fingerprint density at radius 1 is 1.44 bits per heavy atom. The number of H-pyrrole nitrogens is 1. The van der Waals surface area contributed by atoms with Crippen molar-refractivity contribution in [2.24, 2.45) is 5.92 Å². The minimum absolute atomic E-state index is 0.0468. The maximum Gasteiger partial charge on any atom is 0.305 e. The number of nitrogens with zero attached hydrogens (tertiary/aromatic N) is 1. The highest BCUT2D eigenvalue weighted by atomic mass is 16.5. The summed E-state index contributed by atoms with van der Waals surface area (Å²) in [5.74, 6) is 1.30. The van der Waals surface area contributed by atoms with Crippen molar-refractivity contribution in [2.75, 3.05) is 6.61 Å². The van der Waals surface area contributed by atoms with Crippen LogP contribution in [0.5, 0.6) is 0 Å². The van der Waals surface area contributed by atoms with Gasteiger partial charge in [0.25, 0.3) is 0 Å². The molecule has 0 atom stereocenters. The van der Waals surface area contributed by atoms with Gasteiger partial charge in [-0.2, -0.15) is 5.10 Å². The zero-order valence-electron chi connectivity index (χ0n) is 11.0. The molecule has 0 saturated heterocycles. The molecule has 1 heterocycles. The second kappa shape index (κ2) is 6.57. The first-order chi connectivity index (χ1) is 8.79. The van der Waals surface area contributed by atoms with Crippen LogP contribution in [0.25, 0.3) is 0 Å². The van der Waals surface area contributed by atoms with Crippen molar-refractivity contribution in [3.8, 4) is 0 Å². The van der Waals surface area contributed by atoms with Crippen molar-refractivity contribution in [3.05, 3.63) is 18.0 Å². The molecule has 4 heteroatoms. The largest absolute Gasteiger partial charge is 0.466 e. The van der Waals surface area contributed by atoms with E-state index in [1.807, 2.05) is 19.3 Å². The molecule has 100 valence electrons. The summed E-state index contributed by atoms with van der Waals surface area (Å²) in [6.45, 7) is 2.35. The lowest BCUT2D eigenvalue weighted by atomic mass is 9.78. The maximum atomic E-state index is 11.3. The number of carbonyl (C=O) groups excluding carboxylic acids is 1. The molecule has 1 aromatic heterocycles. The average molecular weight is 250 g/mol. The van der Waals surface area contributed by atoms with E-state index < -0.39 is 0 Å². The minimum atomic E-state index is -0.0468. The van der Waals surface area contributed by atoms with Crippen LogP contribution in [-0.2, 0) is 9.53 Å². The van der Waals surface area contributed by atoms with Crippen LogP contribution in [0.4, 0.5) is 0 Å². The fraction of sp³-hybridized carbons (Fsp3) is 0.714. The van der Waals surface area contributed by atoms with Crippen LogP contribution in [-0.4, -0.2) is 22.8 Å². The van der Waals surface area contributed by atoms with Crippen molar-refractivity contribution >= 4 is 5.97 Å². The molecule has 1 fully saturated rings. The number of esters is 1. The van der Waals surface area contributed by atoms with E-state index in [0.29, 0.717) is 24.9 Å². The predicted octanol–water partition coefficient (Wildman–Crippen LogP) is 3.03. The van der Waals surface area contributed by atoms with E-state index in [0.717, 1.165) is 6.42 Å². The number of aromatic amines is 1. The minimum Gasteiger partial charge on any atom is -0.466 e. The normalized spacial score (nSPS) is 23.8. The van der Waals surface area contributed by atoms with E-state index in [1.165, 1.54) is 31.2 Å². The summed E-state index contributed by atoms with van der Waals surface area (Å²) >= 11 is 0. The smallest absolute Gasteiger partial charge is 0.305 e. The van der Waals surface area contributed by atoms with Crippen molar-refractivity contribution in [1.29, 1.82) is 0 Å². The third kappa shape index (κ3) is 3.59. The Bertz CT molecular complexity index is 354. The molecule has 0 aromatic carbocycles. The highest BCUT2D eigenvalue weighted by Gasteiger charge is 2.23. The van der Waals surface area contributed by atoms with E-state index >= 15 is 0 Å². The summed E-state index contributed by atoms with van der Waals surface area (Å²) < 4.78 is 4.96. The number of rotatable bonds is 5. The van der Waals surface area contributed by atoms with E-state index in [-0.39, 0.29) is 5.97 Å². The highest BCUT2D eigenvalue weighted by Crippen LogP contribution is 2.37. The van der Waals surface area contributed by atoms with Crippen LogP contribution >= 0.6 is 0 Å². The fourth-order valence-electron chi connectivity index (χ4n) is 2.82. The molecule has 0 radical (unpaired) electrons. The Kier molecular flexibility index (Phi) is 4.79. The molecule has 1 N–H and O–H groups in total. The number of hydrogen-bond acceptors (Lipinski definition) is 3. The molecule has 0 amide bonds. The molecule has 4 nitrogen and oxygen atoms in total. The quantitative estimate of drug-likeness (QED) is 0.817. The summed E-state index contributed by atoms with van der Waals surface area (Å²) in [5, 5.41) is 6.89. The van der Waals surface area contributed by atoms with Gasteiger partial charge in [0.1, 0.15) is 0 Å². The molecule has 1 aromatic rings. The SMILES string of the molecule is CCOC(=O)CCC1CCC(c2cn[nH]c2)CC1. The first-order valence-electron chi connectivity index (χ1n) is 6.94. The molecule has 0 spiro atoms. The number of ether oxygens (including phenoxy) is 1. The van der Waals surface area contributed by atoms with Gasteiger partial charge in [-0.15, -0.1) is 0 Å². The summed E-state index contributed by atoms with van der Waals surface area (Å²) in [7, 11) is 0. The van der Waals surface area contributed by atoms with Gasteiger partial charge < -0.3 is 4.74 Å². The zero-order chi connectivity index (χ0) is 12.8. The number of hydrogen-bond donors (Lipinski definition) is 1. The molecule has 1 aliphatic rings. The lowest BCUT2D eigenvalue weighted by Gasteiger charge is -2.27. The Labute approximate surface area is 108 Å². The fourth-order valence-corrected chi connectivity index (χ4v) is 2.82. The van der Waals surface area contributed by atoms with Gasteiger partial charge in [0.05, 0.1) is 12.8 Å². The third-order valence-electron chi connectivity index (χ3n) is 3.90. The van der Waals surface area contributed by atoms with Crippen molar-refractivity contribution in [1.82, 2.24) is 10.2 Å². The van der Waals surface area contributed by atoms with Gasteiger partial charge in [-0.3, -0.25) is 9.89 Å². The van der Waals surface area contributed by atoms with Crippen LogP contribution in [0.15, 0.2) is 12.4 Å². The lowest BCUT2D eigenvalue weighted by Crippen LogP contribution is -2.15. The Morgan fingerprint density at radius 3 is 2.83 bits per heavy atom. The van der Waals surface area contributed by atoms with E-state index in [4.69, 9.17) is 4.74 Å². The van der Waals surface area contributed by atoms with Gasteiger partial charge in [-0.25, -0.2) is 0 Å². The van der Waals surface area contributed by atoms with E-state index in [1.54, 1.807) is 0 Å². The van der Waals surface area contributed by atoms with Crippen LogP contribution in [0.2, 0.25) is 0 Å². The monoisotopic (exact) mass is 250 g/mol. The number of aromatic nitrogens is 2. The van der Waals surface area contributed by atoms with Gasteiger partial charge in [0.2, 0.25) is 0 Å². The Hall–Kier alpha value is -1.32. The van der Waals surface area contributed by atoms with Crippen LogP contribution in [0, 0.1) is 5.92 Å². The maximum absolute atomic E-state index is 11.3. The molecule has 1 saturated carbocycles. The predicted molar refractivity (Wildman–Crippen MR) is 69.2 cm³/mol. The molecular weight excluding hydrogens is 228 g/mol. The van der Waals surface area contributed by atoms with Gasteiger partial charge in [0.15, 0.2) is 0 Å². The summed E-state index contributed by atoms with van der Waals surface area (Å²) in [4.78, 5) is 11.3. The standard InChI is InChI=1S/C14H22N2O2/c1-2-18-14(17)8-5-11-3-6-12(7-4-11)13-9-15-16-10-13/h9-12H,2-8H2,1H3,(H,15,16). The summed E-state index contributed by atoms with van der Waals surface area (Å²) in [6, 6.07) is 0. The third-order valence-corrected chi connectivity index (χ3v) is 3.90. The van der Waals surface area contributed by atoms with Crippen molar-refractivity contribution < 1.29 is 9.53 Å². The highest BCUT2D eigenvalue weighted by molar-refractivity contribution is 5.69.